The molecule has 3 atom stereocenters. The number of hydrogen-bond acceptors (Lipinski definition) is 7. The van der Waals surface area contributed by atoms with Gasteiger partial charge in [-0.25, -0.2) is 27.1 Å². The minimum Gasteiger partial charge on any atom is -0.374 e. The number of carbonyl (C=O) groups is 1. The van der Waals surface area contributed by atoms with Gasteiger partial charge in [0.25, 0.3) is 5.91 Å². The molecule has 0 aliphatic carbocycles. The van der Waals surface area contributed by atoms with Crippen LogP contribution in [0.4, 0.5) is 10.1 Å². The monoisotopic (exact) mass is 467 g/mol. The predicted octanol–water partition coefficient (Wildman–Crippen LogP) is 1.70. The number of rotatable bonds is 3. The number of aliphatic imine (C=N–C) groups is 1. The van der Waals surface area contributed by atoms with Crippen LogP contribution >= 0.6 is 11.6 Å². The largest absolute Gasteiger partial charge is 0.374 e. The van der Waals surface area contributed by atoms with Gasteiger partial charge in [0.15, 0.2) is 0 Å². The van der Waals surface area contributed by atoms with Gasteiger partial charge in [-0.15, -0.1) is 0 Å². The van der Waals surface area contributed by atoms with Crippen molar-refractivity contribution in [2.24, 2.45) is 10.7 Å². The van der Waals surface area contributed by atoms with Crippen LogP contribution in [0.3, 0.4) is 0 Å². The molecule has 3 N–H and O–H groups in total. The van der Waals surface area contributed by atoms with Crippen molar-refractivity contribution in [1.29, 1.82) is 0 Å². The smallest absolute Gasteiger partial charge is 0.274 e. The maximum atomic E-state index is 15.0. The first kappa shape index (κ1) is 21.5. The fourth-order valence-electron chi connectivity index (χ4n) is 3.91. The zero-order valence-corrected chi connectivity index (χ0v) is 18.1. The summed E-state index contributed by atoms with van der Waals surface area (Å²) < 4.78 is 47.6. The molecule has 0 radical (unpaired) electrons. The molecule has 2 aliphatic rings. The van der Waals surface area contributed by atoms with Crippen molar-refractivity contribution < 1.29 is 22.3 Å². The average molecular weight is 468 g/mol. The summed E-state index contributed by atoms with van der Waals surface area (Å²) in [6.07, 6.45) is 0.578. The van der Waals surface area contributed by atoms with Crippen LogP contribution in [-0.2, 0) is 20.3 Å². The zero-order valence-electron chi connectivity index (χ0n) is 16.5. The molecule has 1 fully saturated rings. The molecule has 0 unspecified atom stereocenters. The number of hydrogen-bond donors (Lipinski definition) is 2. The number of nitrogens with zero attached hydrogens (tertiary/aromatic N) is 3. The van der Waals surface area contributed by atoms with E-state index in [9.17, 15) is 17.6 Å². The summed E-state index contributed by atoms with van der Waals surface area (Å²) in [4.78, 5) is 20.8. The van der Waals surface area contributed by atoms with Crippen LogP contribution in [0.1, 0.15) is 23.0 Å². The fourth-order valence-corrected chi connectivity index (χ4v) is 5.96. The topological polar surface area (TPSA) is 127 Å². The Labute approximate surface area is 183 Å². The standard InChI is InChI=1S/C19H19ClFN5O4S/c1-10-16-19(9-30-10,25-18(22)26(2)31(16,28)29)13-7-12(4-5-14(13)21)24-17(27)15-6-3-11(20)8-23-15/h3-8,10,16H,9H2,1-2H3,(H2,22,25)(H,24,27)/t10-,16+,19+/m0/s1. The maximum absolute atomic E-state index is 15.0. The van der Waals surface area contributed by atoms with Gasteiger partial charge < -0.3 is 15.8 Å². The molecule has 12 heteroatoms. The first-order valence-electron chi connectivity index (χ1n) is 9.24. The Morgan fingerprint density at radius 1 is 1.39 bits per heavy atom. The summed E-state index contributed by atoms with van der Waals surface area (Å²) in [7, 11) is -2.68. The summed E-state index contributed by atoms with van der Waals surface area (Å²) >= 11 is 5.79. The van der Waals surface area contributed by atoms with Gasteiger partial charge in [0.1, 0.15) is 22.3 Å². The molecule has 9 nitrogen and oxygen atoms in total. The molecule has 1 saturated heterocycles. The Hall–Kier alpha value is -2.76. The lowest BCUT2D eigenvalue weighted by Gasteiger charge is -2.39. The average Bonchev–Trinajstić information content (AvgIpc) is 3.06. The van der Waals surface area contributed by atoms with E-state index >= 15 is 0 Å². The molecule has 1 aromatic heterocycles. The van der Waals surface area contributed by atoms with E-state index in [0.717, 1.165) is 10.4 Å². The number of amides is 1. The number of carbonyl (C=O) groups excluding carboxylic acids is 1. The van der Waals surface area contributed by atoms with E-state index in [0.29, 0.717) is 5.02 Å². The van der Waals surface area contributed by atoms with E-state index in [1.54, 1.807) is 6.92 Å². The lowest BCUT2D eigenvalue weighted by Crippen LogP contribution is -2.58. The second kappa shape index (κ2) is 7.43. The van der Waals surface area contributed by atoms with Crippen molar-refractivity contribution in [3.8, 4) is 0 Å². The van der Waals surface area contributed by atoms with Gasteiger partial charge in [-0.05, 0) is 37.3 Å². The van der Waals surface area contributed by atoms with Crippen LogP contribution in [-0.4, -0.2) is 54.6 Å². The SMILES string of the molecule is C[C@@H]1OC[C@]2(c3cc(NC(=O)c4ccc(Cl)cn4)ccc3F)N=C(N)N(C)S(=O)(=O)[C@H]12. The Bertz CT molecular complexity index is 1190. The van der Waals surface area contributed by atoms with E-state index in [1.165, 1.54) is 37.5 Å². The third-order valence-corrected chi connectivity index (χ3v) is 8.04. The molecule has 0 spiro atoms. The zero-order chi connectivity index (χ0) is 22.6. The molecular weight excluding hydrogens is 449 g/mol. The van der Waals surface area contributed by atoms with Crippen molar-refractivity contribution in [3.05, 3.63) is 58.6 Å². The molecule has 164 valence electrons. The number of sulfonamides is 1. The number of aromatic nitrogens is 1. The highest BCUT2D eigenvalue weighted by Crippen LogP contribution is 2.46. The molecule has 31 heavy (non-hydrogen) atoms. The van der Waals surface area contributed by atoms with Crippen LogP contribution in [0, 0.1) is 5.82 Å². The number of nitrogens with one attached hydrogen (secondary N) is 1. The molecule has 3 heterocycles. The summed E-state index contributed by atoms with van der Waals surface area (Å²) in [5, 5.41) is 1.81. The minimum atomic E-state index is -3.97. The second-order valence-electron chi connectivity index (χ2n) is 7.35. The first-order chi connectivity index (χ1) is 14.6. The van der Waals surface area contributed by atoms with Gasteiger partial charge in [-0.3, -0.25) is 4.79 Å². The quantitative estimate of drug-likeness (QED) is 0.707. The van der Waals surface area contributed by atoms with Gasteiger partial charge in [-0.2, -0.15) is 0 Å². The van der Waals surface area contributed by atoms with E-state index in [1.807, 2.05) is 0 Å². The number of pyridine rings is 1. The molecule has 4 rings (SSSR count). The molecular formula is C19H19ClFN5O4S. The number of ether oxygens (including phenoxy) is 1. The molecule has 1 amide bonds. The lowest BCUT2D eigenvalue weighted by atomic mass is 9.86. The minimum absolute atomic E-state index is 0.0386. The van der Waals surface area contributed by atoms with E-state index in [4.69, 9.17) is 22.1 Å². The van der Waals surface area contributed by atoms with Crippen molar-refractivity contribution in [2.45, 2.75) is 23.8 Å². The van der Waals surface area contributed by atoms with Gasteiger partial charge >= 0.3 is 0 Å². The number of anilines is 1. The number of fused-ring (bicyclic) bond motifs is 1. The van der Waals surface area contributed by atoms with Crippen LogP contribution in [0.25, 0.3) is 0 Å². The number of nitrogens with two attached hydrogens (primary N) is 1. The summed E-state index contributed by atoms with van der Waals surface area (Å²) in [5.41, 5.74) is 4.58. The number of halogens is 2. The maximum Gasteiger partial charge on any atom is 0.274 e. The van der Waals surface area contributed by atoms with Crippen molar-refractivity contribution in [1.82, 2.24) is 9.29 Å². The Morgan fingerprint density at radius 3 is 2.81 bits per heavy atom. The summed E-state index contributed by atoms with van der Waals surface area (Å²) in [6, 6.07) is 6.79. The number of guanidine groups is 1. The van der Waals surface area contributed by atoms with Crippen LogP contribution in [0.5, 0.6) is 0 Å². The first-order valence-corrected chi connectivity index (χ1v) is 11.1. The highest BCUT2D eigenvalue weighted by molar-refractivity contribution is 7.90. The Morgan fingerprint density at radius 2 is 2.13 bits per heavy atom. The van der Waals surface area contributed by atoms with Gasteiger partial charge in [0.2, 0.25) is 16.0 Å². The Balaban J connectivity index is 1.77. The fraction of sp³-hybridized carbons (Fsp3) is 0.316. The molecule has 0 bridgehead atoms. The lowest BCUT2D eigenvalue weighted by molar-refractivity contribution is 0.102. The van der Waals surface area contributed by atoms with Crippen molar-refractivity contribution in [3.63, 3.8) is 0 Å². The van der Waals surface area contributed by atoms with Crippen LogP contribution in [0.2, 0.25) is 5.02 Å². The van der Waals surface area contributed by atoms with E-state index < -0.39 is 38.6 Å². The third-order valence-electron chi connectivity index (χ3n) is 5.45. The van der Waals surface area contributed by atoms with Crippen LogP contribution < -0.4 is 11.1 Å². The molecule has 0 saturated carbocycles. The number of benzene rings is 1. The molecule has 2 aromatic rings. The van der Waals surface area contributed by atoms with E-state index in [2.05, 4.69) is 15.3 Å². The van der Waals surface area contributed by atoms with Crippen molar-refractivity contribution >= 4 is 39.2 Å². The van der Waals surface area contributed by atoms with Crippen LogP contribution in [0.15, 0.2) is 41.5 Å². The summed E-state index contributed by atoms with van der Waals surface area (Å²) in [6.45, 7) is 1.41. The normalized spacial score (nSPS) is 26.8. The van der Waals surface area contributed by atoms with Gasteiger partial charge in [-0.1, -0.05) is 11.6 Å². The molecule has 2 aliphatic heterocycles. The predicted molar refractivity (Wildman–Crippen MR) is 113 cm³/mol. The third kappa shape index (κ3) is 3.42. The summed E-state index contributed by atoms with van der Waals surface area (Å²) in [5.74, 6) is -1.51. The highest BCUT2D eigenvalue weighted by Gasteiger charge is 2.61. The molecule has 1 aromatic carbocycles. The van der Waals surface area contributed by atoms with E-state index in [-0.39, 0.29) is 29.5 Å². The van der Waals surface area contributed by atoms with Crippen molar-refractivity contribution in [2.75, 3.05) is 19.0 Å². The van der Waals surface area contributed by atoms with Gasteiger partial charge in [0, 0.05) is 24.5 Å². The second-order valence-corrected chi connectivity index (χ2v) is 9.88. The Kier molecular flexibility index (Phi) is 5.15. The van der Waals surface area contributed by atoms with Gasteiger partial charge in [0.05, 0.1) is 17.7 Å². The highest BCUT2D eigenvalue weighted by atomic mass is 35.5.